The molecule has 1 N–H and O–H groups in total. The minimum Gasteiger partial charge on any atom is -0.316 e. The molecular weight excluding hydrogens is 204 g/mol. The number of pyridine rings is 1. The highest BCUT2D eigenvalue weighted by Gasteiger charge is 2.03. The van der Waals surface area contributed by atoms with Gasteiger partial charge in [-0.15, -0.1) is 11.3 Å². The second-order valence-electron chi connectivity index (χ2n) is 3.50. The first kappa shape index (κ1) is 10.3. The van der Waals surface area contributed by atoms with Crippen molar-refractivity contribution in [3.63, 3.8) is 0 Å². The molecule has 2 aromatic rings. The van der Waals surface area contributed by atoms with Gasteiger partial charge in [0.2, 0.25) is 0 Å². The Labute approximate surface area is 94.0 Å². The average Bonchev–Trinajstić information content (AvgIpc) is 2.65. The van der Waals surface area contributed by atoms with Gasteiger partial charge in [0, 0.05) is 29.4 Å². The number of thiophene rings is 1. The molecule has 0 unspecified atom stereocenters. The molecule has 0 aliphatic rings. The van der Waals surface area contributed by atoms with Crippen LogP contribution in [0.5, 0.6) is 0 Å². The summed E-state index contributed by atoms with van der Waals surface area (Å²) in [6, 6.07) is 4.35. The van der Waals surface area contributed by atoms with Gasteiger partial charge in [-0.2, -0.15) is 0 Å². The third-order valence-corrected chi connectivity index (χ3v) is 3.19. The molecule has 2 heterocycles. The van der Waals surface area contributed by atoms with E-state index in [2.05, 4.69) is 34.7 Å². The van der Waals surface area contributed by atoms with Crippen LogP contribution in [0.1, 0.15) is 10.4 Å². The minimum atomic E-state index is 0.865. The Morgan fingerprint density at radius 3 is 2.93 bits per heavy atom. The summed E-state index contributed by atoms with van der Waals surface area (Å²) in [6.07, 6.45) is 3.83. The van der Waals surface area contributed by atoms with E-state index < -0.39 is 0 Å². The Kier molecular flexibility index (Phi) is 3.14. The lowest BCUT2D eigenvalue weighted by atomic mass is 10.1. The maximum absolute atomic E-state index is 4.26. The van der Waals surface area contributed by atoms with Crippen LogP contribution in [0.2, 0.25) is 0 Å². The standard InChI is InChI=1S/C12H14N2S/c1-9-12(3-4-15-9)11-5-10(6-13-2)7-14-8-11/h3-5,7-8,13H,6H2,1-2H3. The number of aromatic nitrogens is 1. The van der Waals surface area contributed by atoms with E-state index in [1.807, 2.05) is 19.4 Å². The molecule has 78 valence electrons. The second-order valence-corrected chi connectivity index (χ2v) is 4.62. The predicted molar refractivity (Wildman–Crippen MR) is 65.1 cm³/mol. The molecule has 2 aromatic heterocycles. The lowest BCUT2D eigenvalue weighted by molar-refractivity contribution is 0.813. The molecule has 0 aliphatic carbocycles. The Bertz CT molecular complexity index is 448. The molecule has 3 heteroatoms. The van der Waals surface area contributed by atoms with E-state index in [1.54, 1.807) is 11.3 Å². The van der Waals surface area contributed by atoms with Crippen LogP contribution in [0.25, 0.3) is 11.1 Å². The maximum Gasteiger partial charge on any atom is 0.0346 e. The fourth-order valence-electron chi connectivity index (χ4n) is 1.62. The summed E-state index contributed by atoms with van der Waals surface area (Å²) in [7, 11) is 1.95. The van der Waals surface area contributed by atoms with Crippen molar-refractivity contribution in [2.75, 3.05) is 7.05 Å². The third kappa shape index (κ3) is 2.25. The SMILES string of the molecule is CNCc1cncc(-c2ccsc2C)c1. The summed E-state index contributed by atoms with van der Waals surface area (Å²) in [4.78, 5) is 5.61. The van der Waals surface area contributed by atoms with Gasteiger partial charge in [-0.05, 0) is 42.6 Å². The van der Waals surface area contributed by atoms with Crippen LogP contribution in [0.4, 0.5) is 0 Å². The number of nitrogens with one attached hydrogen (secondary N) is 1. The van der Waals surface area contributed by atoms with Crippen molar-refractivity contribution in [1.29, 1.82) is 0 Å². The predicted octanol–water partition coefficient (Wildman–Crippen LogP) is 2.84. The summed E-state index contributed by atoms with van der Waals surface area (Å²) >= 11 is 1.78. The van der Waals surface area contributed by atoms with Crippen molar-refractivity contribution in [1.82, 2.24) is 10.3 Å². The number of aryl methyl sites for hydroxylation is 1. The smallest absolute Gasteiger partial charge is 0.0346 e. The van der Waals surface area contributed by atoms with E-state index in [-0.39, 0.29) is 0 Å². The molecule has 0 saturated carbocycles. The van der Waals surface area contributed by atoms with Gasteiger partial charge in [0.05, 0.1) is 0 Å². The number of hydrogen-bond donors (Lipinski definition) is 1. The molecule has 0 fully saturated rings. The molecule has 2 rings (SSSR count). The van der Waals surface area contributed by atoms with E-state index in [0.717, 1.165) is 6.54 Å². The average molecular weight is 218 g/mol. The van der Waals surface area contributed by atoms with Gasteiger partial charge in [0.1, 0.15) is 0 Å². The summed E-state index contributed by atoms with van der Waals surface area (Å²) in [5.74, 6) is 0. The highest BCUT2D eigenvalue weighted by molar-refractivity contribution is 7.10. The first-order valence-corrected chi connectivity index (χ1v) is 5.82. The zero-order valence-electron chi connectivity index (χ0n) is 8.95. The molecule has 15 heavy (non-hydrogen) atoms. The van der Waals surface area contributed by atoms with Gasteiger partial charge >= 0.3 is 0 Å². The molecule has 0 amide bonds. The molecule has 0 aromatic carbocycles. The molecule has 0 radical (unpaired) electrons. The van der Waals surface area contributed by atoms with E-state index in [4.69, 9.17) is 0 Å². The largest absolute Gasteiger partial charge is 0.316 e. The summed E-state index contributed by atoms with van der Waals surface area (Å²) in [5, 5.41) is 5.25. The Morgan fingerprint density at radius 1 is 1.40 bits per heavy atom. The van der Waals surface area contributed by atoms with Crippen LogP contribution in [0, 0.1) is 6.92 Å². The number of hydrogen-bond acceptors (Lipinski definition) is 3. The molecule has 2 nitrogen and oxygen atoms in total. The highest BCUT2D eigenvalue weighted by atomic mass is 32.1. The first-order valence-electron chi connectivity index (χ1n) is 4.94. The van der Waals surface area contributed by atoms with E-state index in [1.165, 1.54) is 21.6 Å². The van der Waals surface area contributed by atoms with Crippen molar-refractivity contribution in [3.05, 3.63) is 40.3 Å². The van der Waals surface area contributed by atoms with Crippen molar-refractivity contribution < 1.29 is 0 Å². The van der Waals surface area contributed by atoms with E-state index in [0.29, 0.717) is 0 Å². The third-order valence-electron chi connectivity index (χ3n) is 2.35. The van der Waals surface area contributed by atoms with Crippen LogP contribution in [-0.4, -0.2) is 12.0 Å². The zero-order chi connectivity index (χ0) is 10.7. The monoisotopic (exact) mass is 218 g/mol. The molecule has 0 aliphatic heterocycles. The molecular formula is C12H14N2S. The van der Waals surface area contributed by atoms with Crippen LogP contribution in [0.3, 0.4) is 0 Å². The van der Waals surface area contributed by atoms with Gasteiger partial charge in [-0.25, -0.2) is 0 Å². The molecule has 0 atom stereocenters. The van der Waals surface area contributed by atoms with Gasteiger partial charge in [-0.1, -0.05) is 0 Å². The summed E-state index contributed by atoms with van der Waals surface area (Å²) < 4.78 is 0. The van der Waals surface area contributed by atoms with Crippen LogP contribution >= 0.6 is 11.3 Å². The quantitative estimate of drug-likeness (QED) is 0.857. The molecule has 0 bridgehead atoms. The molecule has 0 spiro atoms. The van der Waals surface area contributed by atoms with Gasteiger partial charge in [0.15, 0.2) is 0 Å². The topological polar surface area (TPSA) is 24.9 Å². The second kappa shape index (κ2) is 4.55. The van der Waals surface area contributed by atoms with E-state index in [9.17, 15) is 0 Å². The van der Waals surface area contributed by atoms with Crippen molar-refractivity contribution >= 4 is 11.3 Å². The Hall–Kier alpha value is -1.19. The Balaban J connectivity index is 2.37. The maximum atomic E-state index is 4.26. The fraction of sp³-hybridized carbons (Fsp3) is 0.250. The van der Waals surface area contributed by atoms with Gasteiger partial charge in [0.25, 0.3) is 0 Å². The summed E-state index contributed by atoms with van der Waals surface area (Å²) in [5.41, 5.74) is 3.73. The Morgan fingerprint density at radius 2 is 2.27 bits per heavy atom. The number of rotatable bonds is 3. The number of nitrogens with zero attached hydrogens (tertiary/aromatic N) is 1. The summed E-state index contributed by atoms with van der Waals surface area (Å²) in [6.45, 7) is 3.01. The lowest BCUT2D eigenvalue weighted by Gasteiger charge is -2.03. The van der Waals surface area contributed by atoms with Crippen molar-refractivity contribution in [2.45, 2.75) is 13.5 Å². The highest BCUT2D eigenvalue weighted by Crippen LogP contribution is 2.27. The van der Waals surface area contributed by atoms with Crippen LogP contribution in [0.15, 0.2) is 29.9 Å². The molecule has 0 saturated heterocycles. The van der Waals surface area contributed by atoms with Crippen LogP contribution < -0.4 is 5.32 Å². The van der Waals surface area contributed by atoms with Crippen molar-refractivity contribution in [3.8, 4) is 11.1 Å². The lowest BCUT2D eigenvalue weighted by Crippen LogP contribution is -2.05. The minimum absolute atomic E-state index is 0.865. The zero-order valence-corrected chi connectivity index (χ0v) is 9.77. The van der Waals surface area contributed by atoms with E-state index >= 15 is 0 Å². The first-order chi connectivity index (χ1) is 7.31. The van der Waals surface area contributed by atoms with Gasteiger partial charge in [-0.3, -0.25) is 4.98 Å². The normalized spacial score (nSPS) is 10.5. The van der Waals surface area contributed by atoms with Crippen molar-refractivity contribution in [2.24, 2.45) is 0 Å². The fourth-order valence-corrected chi connectivity index (χ4v) is 2.34. The van der Waals surface area contributed by atoms with Crippen LogP contribution in [-0.2, 0) is 6.54 Å². The van der Waals surface area contributed by atoms with Gasteiger partial charge < -0.3 is 5.32 Å².